The van der Waals surface area contributed by atoms with Crippen LogP contribution in [0.4, 0.5) is 0 Å². The van der Waals surface area contributed by atoms with Crippen LogP contribution in [-0.2, 0) is 10.2 Å². The Morgan fingerprint density at radius 1 is 1.25 bits per heavy atom. The molecule has 0 aliphatic heterocycles. The molecule has 128 valence electrons. The van der Waals surface area contributed by atoms with E-state index in [1.54, 1.807) is 6.33 Å². The van der Waals surface area contributed by atoms with Gasteiger partial charge in [-0.1, -0.05) is 30.2 Å². The Labute approximate surface area is 147 Å². The minimum atomic E-state index is -0.443. The summed E-state index contributed by atoms with van der Waals surface area (Å²) in [6.07, 6.45) is 4.50. The van der Waals surface area contributed by atoms with Crippen molar-refractivity contribution in [2.75, 3.05) is 0 Å². The van der Waals surface area contributed by atoms with E-state index in [-0.39, 0.29) is 18.0 Å². The largest absolute Gasteiger partial charge is 0.346 e. The van der Waals surface area contributed by atoms with Crippen LogP contribution in [0.1, 0.15) is 63.5 Å². The highest BCUT2D eigenvalue weighted by atomic mass is 35.5. The molecule has 0 bridgehead atoms. The fraction of sp³-hybridized carbons (Fsp3) is 0.500. The zero-order valence-electron chi connectivity index (χ0n) is 14.3. The van der Waals surface area contributed by atoms with Crippen LogP contribution < -0.4 is 5.32 Å². The van der Waals surface area contributed by atoms with Gasteiger partial charge in [-0.3, -0.25) is 4.79 Å². The lowest BCUT2D eigenvalue weighted by Crippen LogP contribution is -2.50. The van der Waals surface area contributed by atoms with Gasteiger partial charge in [0.2, 0.25) is 5.91 Å². The molecule has 1 saturated carbocycles. The number of nitrogens with zero attached hydrogens (tertiary/aromatic N) is 3. The van der Waals surface area contributed by atoms with Crippen molar-refractivity contribution in [3.63, 3.8) is 0 Å². The number of halogens is 1. The molecular weight excluding hydrogens is 324 g/mol. The fourth-order valence-corrected chi connectivity index (χ4v) is 3.43. The molecule has 3 rings (SSSR count). The van der Waals surface area contributed by atoms with E-state index in [9.17, 15) is 4.79 Å². The van der Waals surface area contributed by atoms with Gasteiger partial charge in [0.05, 0.1) is 11.5 Å². The number of rotatable bonds is 5. The Morgan fingerprint density at radius 3 is 2.46 bits per heavy atom. The van der Waals surface area contributed by atoms with E-state index in [2.05, 4.69) is 29.4 Å². The van der Waals surface area contributed by atoms with Gasteiger partial charge in [0.15, 0.2) is 5.82 Å². The summed E-state index contributed by atoms with van der Waals surface area (Å²) < 4.78 is 1.99. The number of nitrogens with one attached hydrogen (secondary N) is 1. The van der Waals surface area contributed by atoms with Crippen LogP contribution in [0.5, 0.6) is 0 Å². The lowest BCUT2D eigenvalue weighted by Gasteiger charge is -2.41. The SMILES string of the molecule is CC(C)n1cnnc1[C@@H](C)NC(=O)C1(c2ccc(Cl)cc2)CCC1. The second-order valence-electron chi connectivity index (χ2n) is 6.83. The van der Waals surface area contributed by atoms with Crippen molar-refractivity contribution < 1.29 is 4.79 Å². The van der Waals surface area contributed by atoms with Crippen molar-refractivity contribution in [3.05, 3.63) is 47.0 Å². The first kappa shape index (κ1) is 17.0. The van der Waals surface area contributed by atoms with Crippen molar-refractivity contribution in [1.29, 1.82) is 0 Å². The Hall–Kier alpha value is -1.88. The predicted molar refractivity (Wildman–Crippen MR) is 93.9 cm³/mol. The number of carbonyl (C=O) groups excluding carboxylic acids is 1. The van der Waals surface area contributed by atoms with E-state index >= 15 is 0 Å². The molecule has 6 heteroatoms. The first-order valence-electron chi connectivity index (χ1n) is 8.40. The van der Waals surface area contributed by atoms with Gasteiger partial charge in [-0.05, 0) is 51.3 Å². The summed E-state index contributed by atoms with van der Waals surface area (Å²) in [5, 5.41) is 12.0. The molecule has 1 N–H and O–H groups in total. The van der Waals surface area contributed by atoms with E-state index < -0.39 is 5.41 Å². The number of carbonyl (C=O) groups is 1. The van der Waals surface area contributed by atoms with Crippen molar-refractivity contribution >= 4 is 17.5 Å². The third kappa shape index (κ3) is 2.93. The standard InChI is InChI=1S/C18H23ClN4O/c1-12(2)23-11-20-22-16(23)13(3)21-17(24)18(9-4-10-18)14-5-7-15(19)8-6-14/h5-8,11-13H,4,9-10H2,1-3H3,(H,21,24)/t13-/m1/s1. The normalized spacial score (nSPS) is 17.4. The second-order valence-corrected chi connectivity index (χ2v) is 7.26. The Bertz CT molecular complexity index is 719. The summed E-state index contributed by atoms with van der Waals surface area (Å²) in [4.78, 5) is 13.0. The van der Waals surface area contributed by atoms with Crippen LogP contribution in [0, 0.1) is 0 Å². The van der Waals surface area contributed by atoms with Gasteiger partial charge in [0.1, 0.15) is 6.33 Å². The zero-order valence-corrected chi connectivity index (χ0v) is 15.0. The quantitative estimate of drug-likeness (QED) is 0.895. The molecule has 5 nitrogen and oxygen atoms in total. The maximum Gasteiger partial charge on any atom is 0.231 e. The lowest BCUT2D eigenvalue weighted by atomic mass is 9.63. The summed E-state index contributed by atoms with van der Waals surface area (Å²) in [5.41, 5.74) is 0.592. The van der Waals surface area contributed by atoms with Gasteiger partial charge in [-0.25, -0.2) is 0 Å². The number of benzene rings is 1. The third-order valence-corrected chi connectivity index (χ3v) is 5.18. The topological polar surface area (TPSA) is 59.8 Å². The Morgan fingerprint density at radius 2 is 1.92 bits per heavy atom. The number of aromatic nitrogens is 3. The maximum absolute atomic E-state index is 13.0. The highest BCUT2D eigenvalue weighted by Gasteiger charge is 2.46. The molecule has 1 atom stereocenters. The van der Waals surface area contributed by atoms with Crippen LogP contribution in [0.2, 0.25) is 5.02 Å². The summed E-state index contributed by atoms with van der Waals surface area (Å²) in [6.45, 7) is 6.10. The molecule has 0 unspecified atom stereocenters. The van der Waals surface area contributed by atoms with Gasteiger partial charge < -0.3 is 9.88 Å². The summed E-state index contributed by atoms with van der Waals surface area (Å²) in [6, 6.07) is 7.69. The maximum atomic E-state index is 13.0. The number of hydrogen-bond donors (Lipinski definition) is 1. The van der Waals surface area contributed by atoms with Crippen molar-refractivity contribution in [2.24, 2.45) is 0 Å². The minimum absolute atomic E-state index is 0.0573. The monoisotopic (exact) mass is 346 g/mol. The third-order valence-electron chi connectivity index (χ3n) is 4.93. The van der Waals surface area contributed by atoms with Gasteiger partial charge in [-0.15, -0.1) is 10.2 Å². The van der Waals surface area contributed by atoms with Crippen molar-refractivity contribution in [3.8, 4) is 0 Å². The molecule has 1 aromatic heterocycles. The predicted octanol–water partition coefficient (Wildman–Crippen LogP) is 3.81. The molecule has 1 amide bonds. The van der Waals surface area contributed by atoms with E-state index in [4.69, 9.17) is 11.6 Å². The van der Waals surface area contributed by atoms with Gasteiger partial charge >= 0.3 is 0 Å². The average Bonchev–Trinajstić information content (AvgIpc) is 2.98. The number of amides is 1. The molecule has 1 aliphatic carbocycles. The Balaban J connectivity index is 1.80. The molecule has 0 radical (unpaired) electrons. The molecule has 24 heavy (non-hydrogen) atoms. The van der Waals surface area contributed by atoms with E-state index in [0.29, 0.717) is 5.02 Å². The fourth-order valence-electron chi connectivity index (χ4n) is 3.30. The van der Waals surface area contributed by atoms with Crippen LogP contribution in [0.3, 0.4) is 0 Å². The summed E-state index contributed by atoms with van der Waals surface area (Å²) in [7, 11) is 0. The Kier molecular flexibility index (Phi) is 4.63. The first-order chi connectivity index (χ1) is 11.4. The van der Waals surface area contributed by atoms with E-state index in [0.717, 1.165) is 30.7 Å². The van der Waals surface area contributed by atoms with Gasteiger partial charge in [-0.2, -0.15) is 0 Å². The molecule has 1 aromatic carbocycles. The molecule has 0 saturated heterocycles. The van der Waals surface area contributed by atoms with Crippen molar-refractivity contribution in [2.45, 2.75) is 57.5 Å². The van der Waals surface area contributed by atoms with Gasteiger partial charge in [0.25, 0.3) is 0 Å². The second kappa shape index (κ2) is 6.55. The van der Waals surface area contributed by atoms with Crippen LogP contribution in [-0.4, -0.2) is 20.7 Å². The number of hydrogen-bond acceptors (Lipinski definition) is 3. The average molecular weight is 347 g/mol. The van der Waals surface area contributed by atoms with Crippen molar-refractivity contribution in [1.82, 2.24) is 20.1 Å². The summed E-state index contributed by atoms with van der Waals surface area (Å²) in [5.74, 6) is 0.839. The first-order valence-corrected chi connectivity index (χ1v) is 8.78. The van der Waals surface area contributed by atoms with E-state index in [1.807, 2.05) is 35.8 Å². The summed E-state index contributed by atoms with van der Waals surface area (Å²) >= 11 is 5.98. The zero-order chi connectivity index (χ0) is 17.3. The van der Waals surface area contributed by atoms with Crippen LogP contribution in [0.25, 0.3) is 0 Å². The molecule has 0 spiro atoms. The minimum Gasteiger partial charge on any atom is -0.346 e. The highest BCUT2D eigenvalue weighted by molar-refractivity contribution is 6.30. The van der Waals surface area contributed by atoms with Crippen LogP contribution in [0.15, 0.2) is 30.6 Å². The smallest absolute Gasteiger partial charge is 0.231 e. The molecule has 1 heterocycles. The van der Waals surface area contributed by atoms with E-state index in [1.165, 1.54) is 0 Å². The molecular formula is C18H23ClN4O. The molecule has 1 fully saturated rings. The van der Waals surface area contributed by atoms with Gasteiger partial charge in [0, 0.05) is 11.1 Å². The molecule has 2 aromatic rings. The lowest BCUT2D eigenvalue weighted by molar-refractivity contribution is -0.130. The van der Waals surface area contributed by atoms with Crippen LogP contribution >= 0.6 is 11.6 Å². The highest BCUT2D eigenvalue weighted by Crippen LogP contribution is 2.44. The molecule has 1 aliphatic rings.